The lowest BCUT2D eigenvalue weighted by atomic mass is 9.88. The molecular weight excluding hydrogens is 378 g/mol. The Labute approximate surface area is 165 Å². The van der Waals surface area contributed by atoms with Crippen LogP contribution in [0.25, 0.3) is 0 Å². The van der Waals surface area contributed by atoms with Crippen LogP contribution in [0.5, 0.6) is 11.5 Å². The lowest BCUT2D eigenvalue weighted by molar-refractivity contribution is -0.133. The number of benzene rings is 1. The average molecular weight is 399 g/mol. The number of likely N-dealkylation sites (tertiary alicyclic amines) is 1. The van der Waals surface area contributed by atoms with E-state index in [1.807, 2.05) is 0 Å². The molecule has 152 valence electrons. The summed E-state index contributed by atoms with van der Waals surface area (Å²) >= 11 is 0. The first-order chi connectivity index (χ1) is 14.0. The highest BCUT2D eigenvalue weighted by Gasteiger charge is 2.29. The largest absolute Gasteiger partial charge is 0.486 e. The van der Waals surface area contributed by atoms with E-state index in [4.69, 9.17) is 9.47 Å². The van der Waals surface area contributed by atoms with Gasteiger partial charge in [-0.2, -0.15) is 0 Å². The van der Waals surface area contributed by atoms with Crippen molar-refractivity contribution in [1.82, 2.24) is 14.5 Å². The van der Waals surface area contributed by atoms with E-state index in [0.717, 1.165) is 4.57 Å². The molecule has 1 aromatic heterocycles. The van der Waals surface area contributed by atoms with Gasteiger partial charge in [-0.15, -0.1) is 0 Å². The highest BCUT2D eigenvalue weighted by Crippen LogP contribution is 2.32. The predicted molar refractivity (Wildman–Crippen MR) is 102 cm³/mol. The number of ketones is 1. The molecule has 9 heteroatoms. The van der Waals surface area contributed by atoms with Gasteiger partial charge in [0, 0.05) is 36.8 Å². The highest BCUT2D eigenvalue weighted by atomic mass is 16.6. The molecule has 1 fully saturated rings. The first-order valence-corrected chi connectivity index (χ1v) is 9.52. The number of piperidine rings is 1. The van der Waals surface area contributed by atoms with Crippen molar-refractivity contribution in [3.8, 4) is 11.5 Å². The standard InChI is InChI=1S/C20H21N3O6/c24-17-5-8-23(20(27)21-17)12-18(25)22-6-3-13(4-7-22)19(26)14-1-2-15-16(11-14)29-10-9-28-15/h1-2,5,8,11,13H,3-4,6-7,9-10,12H2,(H,21,24,27). The molecule has 1 amide bonds. The monoisotopic (exact) mass is 399 g/mol. The zero-order chi connectivity index (χ0) is 20.4. The van der Waals surface area contributed by atoms with Gasteiger partial charge in [0.15, 0.2) is 17.3 Å². The van der Waals surface area contributed by atoms with Gasteiger partial charge >= 0.3 is 5.69 Å². The van der Waals surface area contributed by atoms with Crippen molar-refractivity contribution in [2.24, 2.45) is 5.92 Å². The Kier molecular flexibility index (Phi) is 5.20. The summed E-state index contributed by atoms with van der Waals surface area (Å²) in [7, 11) is 0. The van der Waals surface area contributed by atoms with Gasteiger partial charge < -0.3 is 14.4 Å². The second-order valence-corrected chi connectivity index (χ2v) is 7.12. The second kappa shape index (κ2) is 7.94. The summed E-state index contributed by atoms with van der Waals surface area (Å²) in [4.78, 5) is 51.9. The summed E-state index contributed by atoms with van der Waals surface area (Å²) in [5, 5.41) is 0. The van der Waals surface area contributed by atoms with Gasteiger partial charge in [-0.1, -0.05) is 0 Å². The van der Waals surface area contributed by atoms with E-state index in [-0.39, 0.29) is 24.2 Å². The van der Waals surface area contributed by atoms with Gasteiger partial charge in [0.1, 0.15) is 19.8 Å². The molecule has 1 saturated heterocycles. The zero-order valence-electron chi connectivity index (χ0n) is 15.8. The summed E-state index contributed by atoms with van der Waals surface area (Å²) in [6.07, 6.45) is 2.41. The van der Waals surface area contributed by atoms with Crippen molar-refractivity contribution in [1.29, 1.82) is 0 Å². The van der Waals surface area contributed by atoms with E-state index in [9.17, 15) is 19.2 Å². The molecule has 9 nitrogen and oxygen atoms in total. The first-order valence-electron chi connectivity index (χ1n) is 9.52. The molecule has 0 aliphatic carbocycles. The molecule has 1 N–H and O–H groups in total. The summed E-state index contributed by atoms with van der Waals surface area (Å²) in [6, 6.07) is 6.42. The maximum Gasteiger partial charge on any atom is 0.328 e. The second-order valence-electron chi connectivity index (χ2n) is 7.12. The van der Waals surface area contributed by atoms with Crippen molar-refractivity contribution in [3.05, 3.63) is 56.9 Å². The number of aromatic nitrogens is 2. The number of hydrogen-bond donors (Lipinski definition) is 1. The Balaban J connectivity index is 1.36. The van der Waals surface area contributed by atoms with Crippen LogP contribution in [0.3, 0.4) is 0 Å². The molecule has 2 aromatic rings. The van der Waals surface area contributed by atoms with Crippen LogP contribution in [-0.4, -0.2) is 52.4 Å². The molecular formula is C20H21N3O6. The van der Waals surface area contributed by atoms with Gasteiger partial charge in [-0.25, -0.2) is 4.79 Å². The number of ether oxygens (including phenoxy) is 2. The number of carbonyl (C=O) groups is 2. The van der Waals surface area contributed by atoms with E-state index in [1.165, 1.54) is 12.3 Å². The molecule has 2 aliphatic heterocycles. The highest BCUT2D eigenvalue weighted by molar-refractivity contribution is 5.98. The topological polar surface area (TPSA) is 111 Å². The summed E-state index contributed by atoms with van der Waals surface area (Å²) in [6.45, 7) is 1.70. The Morgan fingerprint density at radius 2 is 1.76 bits per heavy atom. The SMILES string of the molecule is O=C(c1ccc2c(c1)OCCO2)C1CCN(C(=O)Cn2ccc(=O)[nH]c2=O)CC1. The Hall–Kier alpha value is -3.36. The van der Waals surface area contributed by atoms with Crippen molar-refractivity contribution in [3.63, 3.8) is 0 Å². The number of carbonyl (C=O) groups excluding carboxylic acids is 2. The number of hydrogen-bond acceptors (Lipinski definition) is 6. The van der Waals surface area contributed by atoms with E-state index in [1.54, 1.807) is 23.1 Å². The molecule has 3 heterocycles. The van der Waals surface area contributed by atoms with E-state index in [0.29, 0.717) is 56.2 Å². The Morgan fingerprint density at radius 3 is 2.48 bits per heavy atom. The molecule has 0 radical (unpaired) electrons. The lowest BCUT2D eigenvalue weighted by Gasteiger charge is -2.31. The third kappa shape index (κ3) is 4.08. The minimum absolute atomic E-state index is 0.0333. The fraction of sp³-hybridized carbons (Fsp3) is 0.400. The van der Waals surface area contributed by atoms with Crippen LogP contribution in [0.4, 0.5) is 0 Å². The van der Waals surface area contributed by atoms with Crippen LogP contribution < -0.4 is 20.7 Å². The average Bonchev–Trinajstić information content (AvgIpc) is 2.75. The first kappa shape index (κ1) is 19.0. The van der Waals surface area contributed by atoms with Gasteiger partial charge in [0.25, 0.3) is 5.56 Å². The van der Waals surface area contributed by atoms with Gasteiger partial charge in [0.2, 0.25) is 5.91 Å². The molecule has 0 unspecified atom stereocenters. The summed E-state index contributed by atoms with van der Waals surface area (Å²) in [5.41, 5.74) is -0.537. The third-order valence-corrected chi connectivity index (χ3v) is 5.25. The summed E-state index contributed by atoms with van der Waals surface area (Å²) in [5.74, 6) is 0.875. The number of nitrogens with one attached hydrogen (secondary N) is 1. The number of Topliss-reactive ketones (excluding diaryl/α,β-unsaturated/α-hetero) is 1. The van der Waals surface area contributed by atoms with Crippen molar-refractivity contribution >= 4 is 11.7 Å². The number of rotatable bonds is 4. The zero-order valence-corrected chi connectivity index (χ0v) is 15.8. The lowest BCUT2D eigenvalue weighted by Crippen LogP contribution is -2.43. The van der Waals surface area contributed by atoms with Crippen LogP contribution in [0.1, 0.15) is 23.2 Å². The van der Waals surface area contributed by atoms with Crippen molar-refractivity contribution < 1.29 is 19.1 Å². The quantitative estimate of drug-likeness (QED) is 0.747. The smallest absolute Gasteiger partial charge is 0.328 e. The maximum absolute atomic E-state index is 12.9. The number of aromatic amines is 1. The predicted octanol–water partition coefficient (Wildman–Crippen LogP) is 0.429. The minimum Gasteiger partial charge on any atom is -0.486 e. The Bertz CT molecular complexity index is 1050. The third-order valence-electron chi connectivity index (χ3n) is 5.25. The van der Waals surface area contributed by atoms with Gasteiger partial charge in [-0.3, -0.25) is 23.9 Å². The normalized spacial score (nSPS) is 16.5. The number of fused-ring (bicyclic) bond motifs is 1. The van der Waals surface area contributed by atoms with E-state index < -0.39 is 11.2 Å². The van der Waals surface area contributed by atoms with Crippen LogP contribution in [0.2, 0.25) is 0 Å². The van der Waals surface area contributed by atoms with Crippen molar-refractivity contribution in [2.75, 3.05) is 26.3 Å². The molecule has 0 spiro atoms. The van der Waals surface area contributed by atoms with Crippen LogP contribution >= 0.6 is 0 Å². The number of H-pyrrole nitrogens is 1. The number of nitrogens with zero attached hydrogens (tertiary/aromatic N) is 2. The van der Waals surface area contributed by atoms with Crippen LogP contribution in [0.15, 0.2) is 40.1 Å². The van der Waals surface area contributed by atoms with Crippen molar-refractivity contribution in [2.45, 2.75) is 19.4 Å². The molecule has 4 rings (SSSR count). The Morgan fingerprint density at radius 1 is 1.03 bits per heavy atom. The van der Waals surface area contributed by atoms with E-state index in [2.05, 4.69) is 4.98 Å². The maximum atomic E-state index is 12.9. The molecule has 0 saturated carbocycles. The fourth-order valence-corrected chi connectivity index (χ4v) is 3.64. The minimum atomic E-state index is -0.616. The molecule has 0 bridgehead atoms. The number of amides is 1. The van der Waals surface area contributed by atoms with Gasteiger partial charge in [0.05, 0.1) is 0 Å². The van der Waals surface area contributed by atoms with Crippen LogP contribution in [0, 0.1) is 5.92 Å². The van der Waals surface area contributed by atoms with Gasteiger partial charge in [-0.05, 0) is 31.0 Å². The van der Waals surface area contributed by atoms with E-state index >= 15 is 0 Å². The molecule has 1 aromatic carbocycles. The van der Waals surface area contributed by atoms with Crippen LogP contribution in [-0.2, 0) is 11.3 Å². The molecule has 29 heavy (non-hydrogen) atoms. The summed E-state index contributed by atoms with van der Waals surface area (Å²) < 4.78 is 12.2. The fourth-order valence-electron chi connectivity index (χ4n) is 3.64. The molecule has 0 atom stereocenters. The molecule has 2 aliphatic rings.